The molecule has 9 heavy (non-hydrogen) atoms. The van der Waals surface area contributed by atoms with Crippen molar-refractivity contribution < 1.29 is 4.79 Å². The van der Waals surface area contributed by atoms with E-state index in [-0.39, 0.29) is 11.2 Å². The predicted molar refractivity (Wildman–Crippen MR) is 43.7 cm³/mol. The molecule has 1 nitrogen and oxygen atoms in total. The van der Waals surface area contributed by atoms with Gasteiger partial charge in [0.2, 0.25) is 0 Å². The van der Waals surface area contributed by atoms with Crippen LogP contribution in [0.5, 0.6) is 0 Å². The summed E-state index contributed by atoms with van der Waals surface area (Å²) in [5.41, 5.74) is 0. The van der Waals surface area contributed by atoms with E-state index in [1.54, 1.807) is 10.8 Å². The van der Waals surface area contributed by atoms with Crippen molar-refractivity contribution in [1.82, 2.24) is 0 Å². The lowest BCUT2D eigenvalue weighted by Crippen LogP contribution is -2.25. The Kier molecular flexibility index (Phi) is 2.47. The van der Waals surface area contributed by atoms with Gasteiger partial charge in [-0.1, -0.05) is 28.5 Å². The Morgan fingerprint density at radius 1 is 1.56 bits per heavy atom. The SMILES string of the molecule is C[C@@H]1CSS[C@H](C)C1=O. The maximum Gasteiger partial charge on any atom is 0.150 e. The Morgan fingerprint density at radius 3 is 2.67 bits per heavy atom. The molecule has 3 heteroatoms. The lowest BCUT2D eigenvalue weighted by Gasteiger charge is -2.20. The van der Waals surface area contributed by atoms with E-state index in [2.05, 4.69) is 0 Å². The van der Waals surface area contributed by atoms with Crippen LogP contribution in [0.15, 0.2) is 0 Å². The second-order valence-electron chi connectivity index (χ2n) is 2.33. The van der Waals surface area contributed by atoms with Crippen molar-refractivity contribution in [3.05, 3.63) is 0 Å². The number of Topliss-reactive ketones (excluding diaryl/α,β-unsaturated/α-hetero) is 1. The van der Waals surface area contributed by atoms with Crippen molar-refractivity contribution in [3.63, 3.8) is 0 Å². The fourth-order valence-electron chi connectivity index (χ4n) is 0.774. The zero-order chi connectivity index (χ0) is 6.85. The molecule has 52 valence electrons. The largest absolute Gasteiger partial charge is 0.298 e. The van der Waals surface area contributed by atoms with E-state index >= 15 is 0 Å². The highest BCUT2D eigenvalue weighted by atomic mass is 33.1. The summed E-state index contributed by atoms with van der Waals surface area (Å²) in [6, 6.07) is 0. The minimum Gasteiger partial charge on any atom is -0.298 e. The van der Waals surface area contributed by atoms with Gasteiger partial charge in [-0.3, -0.25) is 4.79 Å². The summed E-state index contributed by atoms with van der Waals surface area (Å²) >= 11 is 0. The molecule has 0 aliphatic carbocycles. The molecule has 0 saturated carbocycles. The van der Waals surface area contributed by atoms with Crippen molar-refractivity contribution in [2.45, 2.75) is 19.1 Å². The molecule has 1 heterocycles. The predicted octanol–water partition coefficient (Wildman–Crippen LogP) is 1.98. The molecule has 1 aliphatic heterocycles. The normalized spacial score (nSPS) is 36.9. The Morgan fingerprint density at radius 2 is 2.22 bits per heavy atom. The number of hydrogen-bond acceptors (Lipinski definition) is 3. The molecule has 0 aromatic heterocycles. The Hall–Kier alpha value is 0.370. The maximum absolute atomic E-state index is 11.1. The van der Waals surface area contributed by atoms with Gasteiger partial charge >= 0.3 is 0 Å². The highest BCUT2D eigenvalue weighted by Crippen LogP contribution is 2.35. The van der Waals surface area contributed by atoms with Crippen LogP contribution in [0, 0.1) is 5.92 Å². The van der Waals surface area contributed by atoms with Gasteiger partial charge in [-0.2, -0.15) is 0 Å². The third kappa shape index (κ3) is 1.64. The van der Waals surface area contributed by atoms with Gasteiger partial charge in [-0.15, -0.1) is 0 Å². The molecule has 0 aromatic rings. The minimum absolute atomic E-state index is 0.221. The van der Waals surface area contributed by atoms with Crippen LogP contribution in [-0.2, 0) is 4.79 Å². The van der Waals surface area contributed by atoms with E-state index in [0.29, 0.717) is 5.78 Å². The first-order valence-electron chi connectivity index (χ1n) is 3.04. The average Bonchev–Trinajstić information content (AvgIpc) is 1.83. The smallest absolute Gasteiger partial charge is 0.150 e. The van der Waals surface area contributed by atoms with Gasteiger partial charge in [-0.05, 0) is 6.92 Å². The van der Waals surface area contributed by atoms with Gasteiger partial charge in [0.15, 0.2) is 0 Å². The Balaban J connectivity index is 2.52. The van der Waals surface area contributed by atoms with Gasteiger partial charge in [0.05, 0.1) is 5.25 Å². The van der Waals surface area contributed by atoms with Crippen LogP contribution in [0.25, 0.3) is 0 Å². The summed E-state index contributed by atoms with van der Waals surface area (Å²) in [7, 11) is 3.51. The van der Waals surface area contributed by atoms with Crippen molar-refractivity contribution in [3.8, 4) is 0 Å². The molecule has 1 rings (SSSR count). The molecule has 0 unspecified atom stereocenters. The third-order valence-corrected chi connectivity index (χ3v) is 4.39. The first-order chi connectivity index (χ1) is 4.22. The summed E-state index contributed by atoms with van der Waals surface area (Å²) in [5, 5.41) is 0.221. The molecule has 0 amide bonds. The zero-order valence-electron chi connectivity index (χ0n) is 5.59. The average molecular weight is 162 g/mol. The van der Waals surface area contributed by atoms with Crippen LogP contribution in [0.3, 0.4) is 0 Å². The molecule has 1 aliphatic rings. The molecule has 0 N–H and O–H groups in total. The zero-order valence-corrected chi connectivity index (χ0v) is 7.22. The molecule has 2 atom stereocenters. The molecule has 1 fully saturated rings. The Bertz CT molecular complexity index is 112. The summed E-state index contributed by atoms with van der Waals surface area (Å²) in [6.45, 7) is 3.99. The van der Waals surface area contributed by atoms with E-state index in [9.17, 15) is 4.79 Å². The van der Waals surface area contributed by atoms with Gasteiger partial charge < -0.3 is 0 Å². The maximum atomic E-state index is 11.1. The number of carbonyl (C=O) groups excluding carboxylic acids is 1. The Labute approximate surface area is 63.4 Å². The van der Waals surface area contributed by atoms with Crippen LogP contribution in [-0.4, -0.2) is 16.8 Å². The highest BCUT2D eigenvalue weighted by Gasteiger charge is 2.25. The number of ketones is 1. The quantitative estimate of drug-likeness (QED) is 0.507. The topological polar surface area (TPSA) is 17.1 Å². The monoisotopic (exact) mass is 162 g/mol. The fourth-order valence-corrected chi connectivity index (χ4v) is 3.50. The molecule has 0 bridgehead atoms. The molecular weight excluding hydrogens is 152 g/mol. The van der Waals surface area contributed by atoms with Crippen molar-refractivity contribution in [1.29, 1.82) is 0 Å². The number of carbonyl (C=O) groups is 1. The van der Waals surface area contributed by atoms with Gasteiger partial charge in [0.25, 0.3) is 0 Å². The molecular formula is C6H10OS2. The second kappa shape index (κ2) is 2.97. The third-order valence-electron chi connectivity index (χ3n) is 1.42. The summed E-state index contributed by atoms with van der Waals surface area (Å²) in [5.74, 6) is 1.69. The molecule has 0 aromatic carbocycles. The van der Waals surface area contributed by atoms with E-state index in [1.807, 2.05) is 24.6 Å². The van der Waals surface area contributed by atoms with Gasteiger partial charge in [0, 0.05) is 11.7 Å². The summed E-state index contributed by atoms with van der Waals surface area (Å²) in [4.78, 5) is 11.1. The van der Waals surface area contributed by atoms with Crippen molar-refractivity contribution >= 4 is 27.4 Å². The van der Waals surface area contributed by atoms with E-state index in [1.165, 1.54) is 0 Å². The van der Waals surface area contributed by atoms with Crippen molar-refractivity contribution in [2.75, 3.05) is 5.75 Å². The standard InChI is InChI=1S/C6H10OS2/c1-4-3-8-9-5(2)6(4)7/h4-5H,3H2,1-2H3/t4-,5-/m1/s1. The van der Waals surface area contributed by atoms with Crippen LogP contribution in [0.4, 0.5) is 0 Å². The number of hydrogen-bond donors (Lipinski definition) is 0. The van der Waals surface area contributed by atoms with Crippen LogP contribution < -0.4 is 0 Å². The summed E-state index contributed by atoms with van der Waals surface area (Å²) < 4.78 is 0. The van der Waals surface area contributed by atoms with Crippen LogP contribution in [0.1, 0.15) is 13.8 Å². The highest BCUT2D eigenvalue weighted by molar-refractivity contribution is 8.77. The number of rotatable bonds is 0. The van der Waals surface area contributed by atoms with Crippen LogP contribution >= 0.6 is 21.6 Å². The molecule has 0 spiro atoms. The van der Waals surface area contributed by atoms with E-state index in [4.69, 9.17) is 0 Å². The van der Waals surface area contributed by atoms with Gasteiger partial charge in [-0.25, -0.2) is 0 Å². The first-order valence-corrected chi connectivity index (χ1v) is 5.42. The molecule has 1 saturated heterocycles. The van der Waals surface area contributed by atoms with Crippen LogP contribution in [0.2, 0.25) is 0 Å². The minimum atomic E-state index is 0.221. The second-order valence-corrected chi connectivity index (χ2v) is 5.08. The lowest BCUT2D eigenvalue weighted by molar-refractivity contribution is -0.120. The van der Waals surface area contributed by atoms with E-state index in [0.717, 1.165) is 5.75 Å². The fraction of sp³-hybridized carbons (Fsp3) is 0.833. The molecule has 0 radical (unpaired) electrons. The van der Waals surface area contributed by atoms with Gasteiger partial charge in [0.1, 0.15) is 5.78 Å². The summed E-state index contributed by atoms with van der Waals surface area (Å²) in [6.07, 6.45) is 0. The first kappa shape index (κ1) is 7.48. The van der Waals surface area contributed by atoms with E-state index < -0.39 is 0 Å². The lowest BCUT2D eigenvalue weighted by atomic mass is 10.1. The van der Waals surface area contributed by atoms with Crippen molar-refractivity contribution in [2.24, 2.45) is 5.92 Å².